The fourth-order valence-electron chi connectivity index (χ4n) is 6.93. The number of nitrogens with two attached hydrogens (primary N) is 2. The van der Waals surface area contributed by atoms with Crippen molar-refractivity contribution in [2.45, 2.75) is 90.4 Å². The second-order valence-electron chi connectivity index (χ2n) is 16.3. The van der Waals surface area contributed by atoms with Crippen molar-refractivity contribution in [3.63, 3.8) is 0 Å². The van der Waals surface area contributed by atoms with E-state index >= 15 is 0 Å². The first-order chi connectivity index (χ1) is 32.4. The highest BCUT2D eigenvalue weighted by atomic mass is 16.4. The van der Waals surface area contributed by atoms with Crippen LogP contribution in [0.5, 0.6) is 0 Å². The third-order valence-electron chi connectivity index (χ3n) is 10.7. The number of carboxylic acid groups (broad SMARTS) is 2. The van der Waals surface area contributed by atoms with E-state index in [-0.39, 0.29) is 96.0 Å². The number of amides is 6. The molecule has 0 saturated carbocycles. The van der Waals surface area contributed by atoms with Crippen molar-refractivity contribution in [3.8, 4) is 0 Å². The van der Waals surface area contributed by atoms with Gasteiger partial charge in [-0.1, -0.05) is 20.3 Å². The van der Waals surface area contributed by atoms with Crippen LogP contribution in [-0.4, -0.2) is 114 Å². The zero-order chi connectivity index (χ0) is 49.5. The number of carbonyl (C=O) groups excluding carboxylic acids is 6. The number of hydrogen-bond acceptors (Lipinski definition) is 16. The van der Waals surface area contributed by atoms with Crippen molar-refractivity contribution in [2.24, 2.45) is 5.92 Å². The van der Waals surface area contributed by atoms with Crippen LogP contribution in [0.3, 0.4) is 0 Å². The molecule has 6 amide bonds. The molecule has 0 fully saturated rings. The van der Waals surface area contributed by atoms with Gasteiger partial charge in [0.1, 0.15) is 18.1 Å². The van der Waals surface area contributed by atoms with Crippen LogP contribution in [0.15, 0.2) is 60.8 Å². The standard InChI is InChI=1S/C45H55N13O10/c1-24(2)36(55-33(59)10-5-4-8-20-58-34(60)17-18-35(58)61)42(64)51-25(3)40(62)53-28-15-16-31(30(21-28)43(65)66)48-19-7-6-9-32(44(67)68)54-41(63)26-11-13-27(14-12-26)49-22-29-23-50-39-37(52-29)38(46)56-45(47)57-39/h11-18,21,23-25,32,36,48-49H,4-10,19-20,22H2,1-3H3,(H,51,64)(H,53,62)(H,54,63)(H,55,59)(H,65,66)(H,67,68)(H4,46,47,50,56,57)/t25-,32-,36-/m0/s1. The number of aromatic carboxylic acids is 1. The lowest BCUT2D eigenvalue weighted by atomic mass is 10.0. The van der Waals surface area contributed by atoms with Crippen LogP contribution in [0.25, 0.3) is 11.2 Å². The van der Waals surface area contributed by atoms with E-state index in [9.17, 15) is 48.6 Å². The predicted octanol–water partition coefficient (Wildman–Crippen LogP) is 2.43. The minimum Gasteiger partial charge on any atom is -0.480 e. The summed E-state index contributed by atoms with van der Waals surface area (Å²) in [4.78, 5) is 117. The van der Waals surface area contributed by atoms with Crippen molar-refractivity contribution in [2.75, 3.05) is 40.5 Å². The summed E-state index contributed by atoms with van der Waals surface area (Å²) < 4.78 is 0. The summed E-state index contributed by atoms with van der Waals surface area (Å²) in [5.41, 5.74) is 13.8. The summed E-state index contributed by atoms with van der Waals surface area (Å²) in [6.07, 6.45) is 6.52. The number of nitrogens with one attached hydrogen (secondary N) is 6. The van der Waals surface area contributed by atoms with E-state index in [1.807, 2.05) is 0 Å². The first kappa shape index (κ1) is 50.8. The quantitative estimate of drug-likeness (QED) is 0.0337. The molecule has 0 spiro atoms. The molecule has 0 aliphatic carbocycles. The molecule has 1 aliphatic heterocycles. The van der Waals surface area contributed by atoms with Gasteiger partial charge in [-0.05, 0) is 87.4 Å². The summed E-state index contributed by atoms with van der Waals surface area (Å²) in [6.45, 7) is 5.71. The van der Waals surface area contributed by atoms with Gasteiger partial charge in [0.05, 0.1) is 24.0 Å². The van der Waals surface area contributed by atoms with Crippen LogP contribution in [0, 0.1) is 5.92 Å². The number of hydrogen-bond donors (Lipinski definition) is 10. The van der Waals surface area contributed by atoms with Crippen LogP contribution in [-0.2, 0) is 35.3 Å². The van der Waals surface area contributed by atoms with Crippen molar-refractivity contribution >= 4 is 87.4 Å². The molecule has 2 aromatic carbocycles. The van der Waals surface area contributed by atoms with Crippen molar-refractivity contribution in [1.82, 2.24) is 40.8 Å². The Morgan fingerprint density at radius 1 is 0.765 bits per heavy atom. The van der Waals surface area contributed by atoms with Gasteiger partial charge in [0.15, 0.2) is 17.0 Å². The molecule has 0 saturated heterocycles. The number of carbonyl (C=O) groups is 8. The Balaban J connectivity index is 1.02. The molecule has 5 rings (SSSR count). The molecular weight excluding hydrogens is 883 g/mol. The highest BCUT2D eigenvalue weighted by Gasteiger charge is 2.28. The average molecular weight is 938 g/mol. The van der Waals surface area contributed by atoms with Crippen molar-refractivity contribution < 1.29 is 48.6 Å². The maximum Gasteiger partial charge on any atom is 0.337 e. The van der Waals surface area contributed by atoms with Gasteiger partial charge >= 0.3 is 11.9 Å². The van der Waals surface area contributed by atoms with Gasteiger partial charge in [-0.15, -0.1) is 0 Å². The van der Waals surface area contributed by atoms with Gasteiger partial charge < -0.3 is 53.6 Å². The molecule has 0 unspecified atom stereocenters. The Bertz CT molecular complexity index is 2550. The smallest absolute Gasteiger partial charge is 0.337 e. The number of carboxylic acids is 2. The van der Waals surface area contributed by atoms with Gasteiger partial charge in [0.2, 0.25) is 23.7 Å². The molecule has 12 N–H and O–H groups in total. The molecule has 4 aromatic rings. The van der Waals surface area contributed by atoms with Crippen LogP contribution in [0.1, 0.15) is 92.1 Å². The Morgan fingerprint density at radius 2 is 1.47 bits per heavy atom. The summed E-state index contributed by atoms with van der Waals surface area (Å²) in [7, 11) is 0. The van der Waals surface area contributed by atoms with E-state index in [1.54, 1.807) is 38.1 Å². The molecule has 23 nitrogen and oxygen atoms in total. The van der Waals surface area contributed by atoms with Crippen LogP contribution < -0.4 is 43.4 Å². The van der Waals surface area contributed by atoms with Gasteiger partial charge in [-0.25, -0.2) is 19.6 Å². The third-order valence-corrected chi connectivity index (χ3v) is 10.7. The molecule has 23 heteroatoms. The van der Waals surface area contributed by atoms with E-state index in [0.717, 1.165) is 4.90 Å². The lowest BCUT2D eigenvalue weighted by Gasteiger charge is -2.24. The van der Waals surface area contributed by atoms with Crippen LogP contribution in [0.2, 0.25) is 0 Å². The zero-order valence-corrected chi connectivity index (χ0v) is 37.7. The number of imide groups is 1. The number of rotatable bonds is 25. The first-order valence-corrected chi connectivity index (χ1v) is 21.9. The maximum absolute atomic E-state index is 13.2. The lowest BCUT2D eigenvalue weighted by Crippen LogP contribution is -2.53. The maximum atomic E-state index is 13.2. The molecule has 3 heterocycles. The lowest BCUT2D eigenvalue weighted by molar-refractivity contribution is -0.139. The van der Waals surface area contributed by atoms with Crippen LogP contribution in [0.4, 0.5) is 28.8 Å². The van der Waals surface area contributed by atoms with E-state index < -0.39 is 47.8 Å². The zero-order valence-electron chi connectivity index (χ0n) is 37.7. The van der Waals surface area contributed by atoms with Crippen LogP contribution >= 0.6 is 0 Å². The Labute approximate surface area is 390 Å². The number of fused-ring (bicyclic) bond motifs is 1. The summed E-state index contributed by atoms with van der Waals surface area (Å²) >= 11 is 0. The number of anilines is 5. The number of aliphatic carboxylic acids is 1. The highest BCUT2D eigenvalue weighted by Crippen LogP contribution is 2.22. The number of unbranched alkanes of at least 4 members (excludes halogenated alkanes) is 3. The molecule has 2 aromatic heterocycles. The molecular formula is C45H55N13O10. The number of nitrogens with zero attached hydrogens (tertiary/aromatic N) is 5. The Morgan fingerprint density at radius 3 is 2.15 bits per heavy atom. The summed E-state index contributed by atoms with van der Waals surface area (Å²) in [5, 5.41) is 36.4. The molecule has 0 bridgehead atoms. The normalized spacial score (nSPS) is 13.4. The summed E-state index contributed by atoms with van der Waals surface area (Å²) in [6, 6.07) is 7.41. The fourth-order valence-corrected chi connectivity index (χ4v) is 6.93. The van der Waals surface area contributed by atoms with E-state index in [2.05, 4.69) is 51.8 Å². The molecule has 0 radical (unpaired) electrons. The predicted molar refractivity (Wildman–Crippen MR) is 250 cm³/mol. The van der Waals surface area contributed by atoms with Crippen molar-refractivity contribution in [3.05, 3.63) is 77.6 Å². The number of benzene rings is 2. The molecule has 1 aliphatic rings. The topological polar surface area (TPSA) is 356 Å². The SMILES string of the molecule is CC(C)[C@H](NC(=O)CCCCCN1C(=O)C=CC1=O)C(=O)N[C@@H](C)C(=O)Nc1ccc(NCCCC[C@H](NC(=O)c2ccc(NCc3cnc4nc(N)nc(N)c4n3)cc2)C(=O)O)c(C(=O)O)c1. The van der Waals surface area contributed by atoms with Gasteiger partial charge in [0.25, 0.3) is 17.7 Å². The van der Waals surface area contributed by atoms with Crippen molar-refractivity contribution in [1.29, 1.82) is 0 Å². The fraction of sp³-hybridized carbons (Fsp3) is 0.378. The third kappa shape index (κ3) is 14.4. The van der Waals surface area contributed by atoms with E-state index in [4.69, 9.17) is 11.5 Å². The minimum atomic E-state index is -1.28. The highest BCUT2D eigenvalue weighted by molar-refractivity contribution is 6.12. The van der Waals surface area contributed by atoms with Gasteiger partial charge in [0, 0.05) is 54.3 Å². The molecule has 360 valence electrons. The number of nitrogen functional groups attached to an aromatic ring is 2. The molecule has 3 atom stereocenters. The Kier molecular flexibility index (Phi) is 17.8. The van der Waals surface area contributed by atoms with E-state index in [0.29, 0.717) is 49.0 Å². The Hall–Kier alpha value is -8.24. The second-order valence-corrected chi connectivity index (χ2v) is 16.3. The monoisotopic (exact) mass is 937 g/mol. The van der Waals surface area contributed by atoms with Gasteiger partial charge in [-0.3, -0.25) is 33.7 Å². The summed E-state index contributed by atoms with van der Waals surface area (Å²) in [5.74, 6) is -5.62. The molecule has 68 heavy (non-hydrogen) atoms. The largest absolute Gasteiger partial charge is 0.480 e. The first-order valence-electron chi connectivity index (χ1n) is 21.9. The van der Waals surface area contributed by atoms with E-state index in [1.165, 1.54) is 43.5 Å². The van der Waals surface area contributed by atoms with Gasteiger partial charge in [-0.2, -0.15) is 9.97 Å². The second kappa shape index (κ2) is 23.8. The average Bonchev–Trinajstić information content (AvgIpc) is 3.62. The minimum absolute atomic E-state index is 0.0109. The number of aromatic nitrogens is 4.